The first-order valence-electron chi connectivity index (χ1n) is 4.65. The molecule has 0 fully saturated rings. The van der Waals surface area contributed by atoms with E-state index in [0.29, 0.717) is 0 Å². The van der Waals surface area contributed by atoms with Gasteiger partial charge in [-0.1, -0.05) is 39.7 Å². The maximum Gasteiger partial charge on any atom is 0.0143 e. The van der Waals surface area contributed by atoms with Gasteiger partial charge >= 0.3 is 0 Å². The molecule has 1 unspecified atom stereocenters. The van der Waals surface area contributed by atoms with E-state index in [1.165, 1.54) is 25.7 Å². The van der Waals surface area contributed by atoms with Gasteiger partial charge in [-0.3, -0.25) is 0 Å². The van der Waals surface area contributed by atoms with Gasteiger partial charge < -0.3 is 5.32 Å². The number of nitrogens with one attached hydrogen (secondary N) is 1. The van der Waals surface area contributed by atoms with E-state index in [9.17, 15) is 0 Å². The van der Waals surface area contributed by atoms with Crippen LogP contribution in [0, 0.1) is 5.92 Å². The van der Waals surface area contributed by atoms with E-state index in [0.717, 1.165) is 12.5 Å². The van der Waals surface area contributed by atoms with E-state index in [-0.39, 0.29) is 0 Å². The van der Waals surface area contributed by atoms with Gasteiger partial charge in [-0.05, 0) is 18.5 Å². The Balaban J connectivity index is 3.08. The fourth-order valence-corrected chi connectivity index (χ4v) is 1.13. The number of hydrogen-bond donors (Lipinski definition) is 1. The Hall–Kier alpha value is -0.460. The topological polar surface area (TPSA) is 12.0 Å². The zero-order valence-electron chi connectivity index (χ0n) is 7.90. The third-order valence-corrected chi connectivity index (χ3v) is 1.98. The highest BCUT2D eigenvalue weighted by Gasteiger charge is 1.98. The van der Waals surface area contributed by atoms with Crippen LogP contribution in [-0.4, -0.2) is 6.54 Å². The quantitative estimate of drug-likeness (QED) is 0.557. The van der Waals surface area contributed by atoms with Crippen molar-refractivity contribution >= 4 is 0 Å². The van der Waals surface area contributed by atoms with Gasteiger partial charge in [0.25, 0.3) is 0 Å². The summed E-state index contributed by atoms with van der Waals surface area (Å²) in [6.45, 7) is 9.25. The molecule has 0 aliphatic carbocycles. The Morgan fingerprint density at radius 3 is 2.73 bits per heavy atom. The van der Waals surface area contributed by atoms with Crippen LogP contribution < -0.4 is 5.32 Å². The Labute approximate surface area is 70.9 Å². The average molecular weight is 155 g/mol. The molecule has 0 aromatic heterocycles. The number of rotatable bonds is 7. The SMILES string of the molecule is C=CNCCC(C)CCCC. The molecule has 11 heavy (non-hydrogen) atoms. The predicted molar refractivity (Wildman–Crippen MR) is 51.5 cm³/mol. The minimum atomic E-state index is 0.863. The first-order valence-corrected chi connectivity index (χ1v) is 4.65. The molecular weight excluding hydrogens is 134 g/mol. The Morgan fingerprint density at radius 2 is 2.18 bits per heavy atom. The van der Waals surface area contributed by atoms with Gasteiger partial charge in [0.15, 0.2) is 0 Å². The van der Waals surface area contributed by atoms with Gasteiger partial charge in [-0.15, -0.1) is 0 Å². The van der Waals surface area contributed by atoms with Crippen LogP contribution in [0.2, 0.25) is 0 Å². The number of hydrogen-bond acceptors (Lipinski definition) is 1. The van der Waals surface area contributed by atoms with Gasteiger partial charge in [0.2, 0.25) is 0 Å². The summed E-state index contributed by atoms with van der Waals surface area (Å²) in [6.07, 6.45) is 7.10. The molecule has 0 spiro atoms. The fourth-order valence-electron chi connectivity index (χ4n) is 1.13. The van der Waals surface area contributed by atoms with Crippen LogP contribution in [0.4, 0.5) is 0 Å². The van der Waals surface area contributed by atoms with Crippen molar-refractivity contribution in [3.05, 3.63) is 12.8 Å². The minimum absolute atomic E-state index is 0.863. The summed E-state index contributed by atoms with van der Waals surface area (Å²) in [5.74, 6) is 0.863. The van der Waals surface area contributed by atoms with Gasteiger partial charge in [-0.25, -0.2) is 0 Å². The summed E-state index contributed by atoms with van der Waals surface area (Å²) >= 11 is 0. The van der Waals surface area contributed by atoms with Crippen LogP contribution in [0.5, 0.6) is 0 Å². The van der Waals surface area contributed by atoms with Crippen molar-refractivity contribution in [2.24, 2.45) is 5.92 Å². The van der Waals surface area contributed by atoms with E-state index in [2.05, 4.69) is 25.7 Å². The lowest BCUT2D eigenvalue weighted by molar-refractivity contribution is 0.467. The molecule has 66 valence electrons. The molecule has 0 aliphatic heterocycles. The molecule has 0 aromatic carbocycles. The monoisotopic (exact) mass is 155 g/mol. The standard InChI is InChI=1S/C10H21N/c1-4-6-7-10(3)8-9-11-5-2/h5,10-11H,2,4,6-9H2,1,3H3. The molecule has 1 nitrogen and oxygen atoms in total. The summed E-state index contributed by atoms with van der Waals surface area (Å²) in [5.41, 5.74) is 0. The van der Waals surface area contributed by atoms with Gasteiger partial charge in [-0.2, -0.15) is 0 Å². The average Bonchev–Trinajstić information content (AvgIpc) is 2.01. The highest BCUT2D eigenvalue weighted by atomic mass is 14.8. The van der Waals surface area contributed by atoms with Crippen molar-refractivity contribution in [1.29, 1.82) is 0 Å². The lowest BCUT2D eigenvalue weighted by atomic mass is 10.0. The maximum absolute atomic E-state index is 3.61. The van der Waals surface area contributed by atoms with Crippen LogP contribution in [0.3, 0.4) is 0 Å². The largest absolute Gasteiger partial charge is 0.391 e. The summed E-state index contributed by atoms with van der Waals surface area (Å²) < 4.78 is 0. The van der Waals surface area contributed by atoms with E-state index in [4.69, 9.17) is 0 Å². The molecule has 0 heterocycles. The maximum atomic E-state index is 3.61. The second kappa shape index (κ2) is 7.64. The summed E-state index contributed by atoms with van der Waals surface area (Å²) in [7, 11) is 0. The third kappa shape index (κ3) is 7.44. The van der Waals surface area contributed by atoms with Crippen molar-refractivity contribution in [2.75, 3.05) is 6.54 Å². The summed E-state index contributed by atoms with van der Waals surface area (Å²) in [4.78, 5) is 0. The fraction of sp³-hybridized carbons (Fsp3) is 0.800. The van der Waals surface area contributed by atoms with Crippen molar-refractivity contribution in [2.45, 2.75) is 39.5 Å². The highest BCUT2D eigenvalue weighted by molar-refractivity contribution is 4.64. The molecule has 0 aromatic rings. The summed E-state index contributed by atoms with van der Waals surface area (Å²) in [5, 5.41) is 3.12. The second-order valence-electron chi connectivity index (χ2n) is 3.19. The van der Waals surface area contributed by atoms with Crippen molar-refractivity contribution in [3.63, 3.8) is 0 Å². The molecule has 0 radical (unpaired) electrons. The van der Waals surface area contributed by atoms with Crippen LogP contribution >= 0.6 is 0 Å². The third-order valence-electron chi connectivity index (χ3n) is 1.98. The Morgan fingerprint density at radius 1 is 1.45 bits per heavy atom. The van der Waals surface area contributed by atoms with E-state index < -0.39 is 0 Å². The van der Waals surface area contributed by atoms with Crippen molar-refractivity contribution < 1.29 is 0 Å². The molecule has 0 saturated heterocycles. The minimum Gasteiger partial charge on any atom is -0.391 e. The Bertz CT molecular complexity index is 88.9. The summed E-state index contributed by atoms with van der Waals surface area (Å²) in [6, 6.07) is 0. The van der Waals surface area contributed by atoms with E-state index >= 15 is 0 Å². The smallest absolute Gasteiger partial charge is 0.0143 e. The molecular formula is C10H21N. The molecule has 1 N–H and O–H groups in total. The first kappa shape index (κ1) is 10.5. The second-order valence-corrected chi connectivity index (χ2v) is 3.19. The van der Waals surface area contributed by atoms with Crippen molar-refractivity contribution in [3.8, 4) is 0 Å². The number of unbranched alkanes of at least 4 members (excludes halogenated alkanes) is 1. The normalized spacial score (nSPS) is 12.5. The lowest BCUT2D eigenvalue weighted by Crippen LogP contribution is -2.10. The molecule has 1 heteroatoms. The predicted octanol–water partition coefficient (Wildman–Crippen LogP) is 2.94. The van der Waals surface area contributed by atoms with Crippen molar-refractivity contribution in [1.82, 2.24) is 5.32 Å². The van der Waals surface area contributed by atoms with Gasteiger partial charge in [0.1, 0.15) is 0 Å². The lowest BCUT2D eigenvalue weighted by Gasteiger charge is -2.09. The zero-order chi connectivity index (χ0) is 8.53. The van der Waals surface area contributed by atoms with E-state index in [1.807, 2.05) is 0 Å². The zero-order valence-corrected chi connectivity index (χ0v) is 7.90. The first-order chi connectivity index (χ1) is 5.31. The van der Waals surface area contributed by atoms with Crippen LogP contribution in [-0.2, 0) is 0 Å². The van der Waals surface area contributed by atoms with Crippen LogP contribution in [0.25, 0.3) is 0 Å². The van der Waals surface area contributed by atoms with Crippen LogP contribution in [0.15, 0.2) is 12.8 Å². The molecule has 0 bridgehead atoms. The van der Waals surface area contributed by atoms with E-state index in [1.54, 1.807) is 6.20 Å². The van der Waals surface area contributed by atoms with Crippen LogP contribution in [0.1, 0.15) is 39.5 Å². The molecule has 1 atom stereocenters. The molecule has 0 amide bonds. The molecule has 0 rings (SSSR count). The highest BCUT2D eigenvalue weighted by Crippen LogP contribution is 2.10. The van der Waals surface area contributed by atoms with Gasteiger partial charge in [0.05, 0.1) is 0 Å². The Kier molecular flexibility index (Phi) is 7.33. The van der Waals surface area contributed by atoms with Gasteiger partial charge in [0, 0.05) is 6.54 Å². The molecule has 0 saturated carbocycles. The molecule has 0 aliphatic rings.